The summed E-state index contributed by atoms with van der Waals surface area (Å²) in [4.78, 5) is 14.0. The van der Waals surface area contributed by atoms with E-state index >= 15 is 0 Å². The first-order valence-electron chi connectivity index (χ1n) is 7.83. The summed E-state index contributed by atoms with van der Waals surface area (Å²) < 4.78 is 33.6. The highest BCUT2D eigenvalue weighted by Gasteiger charge is 2.34. The van der Waals surface area contributed by atoms with Crippen LogP contribution in [0.5, 0.6) is 0 Å². The van der Waals surface area contributed by atoms with Crippen LogP contribution in [-0.4, -0.2) is 76.9 Å². The standard InChI is InChI=1S/C14H26N2O5S/c1-20-8-5-16(13-4-9-22(18,19)11-13)14(17)15-10-12-2-6-21-7-3-12/h12-13H,2-11H2,1H3,(H,15,17). The molecule has 2 heterocycles. The molecule has 0 spiro atoms. The molecule has 0 bridgehead atoms. The number of sulfone groups is 1. The van der Waals surface area contributed by atoms with Gasteiger partial charge in [-0.2, -0.15) is 0 Å². The van der Waals surface area contributed by atoms with Crippen LogP contribution in [0.1, 0.15) is 19.3 Å². The van der Waals surface area contributed by atoms with Crippen LogP contribution in [0.3, 0.4) is 0 Å². The summed E-state index contributed by atoms with van der Waals surface area (Å²) >= 11 is 0. The minimum Gasteiger partial charge on any atom is -0.383 e. The predicted octanol–water partition coefficient (Wildman–Crippen LogP) is 0.258. The van der Waals surface area contributed by atoms with E-state index in [1.165, 1.54) is 0 Å². The lowest BCUT2D eigenvalue weighted by molar-refractivity contribution is 0.0658. The molecule has 2 amide bonds. The molecule has 0 aromatic heterocycles. The second-order valence-electron chi connectivity index (χ2n) is 5.98. The van der Waals surface area contributed by atoms with Gasteiger partial charge in [-0.25, -0.2) is 13.2 Å². The van der Waals surface area contributed by atoms with Gasteiger partial charge >= 0.3 is 6.03 Å². The van der Waals surface area contributed by atoms with E-state index in [1.807, 2.05) is 0 Å². The van der Waals surface area contributed by atoms with Crippen molar-refractivity contribution in [2.24, 2.45) is 5.92 Å². The normalized spacial score (nSPS) is 25.0. The molecule has 7 nitrogen and oxygen atoms in total. The number of ether oxygens (including phenoxy) is 2. The van der Waals surface area contributed by atoms with Crippen LogP contribution in [0.4, 0.5) is 4.79 Å². The molecule has 1 N–H and O–H groups in total. The molecule has 0 saturated carbocycles. The molecule has 0 aromatic carbocycles. The Hall–Kier alpha value is -0.860. The molecule has 0 aromatic rings. The van der Waals surface area contributed by atoms with Crippen molar-refractivity contribution in [3.05, 3.63) is 0 Å². The molecule has 128 valence electrons. The van der Waals surface area contributed by atoms with Gasteiger partial charge in [0, 0.05) is 39.5 Å². The van der Waals surface area contributed by atoms with Crippen LogP contribution in [-0.2, 0) is 19.3 Å². The zero-order valence-electron chi connectivity index (χ0n) is 13.1. The van der Waals surface area contributed by atoms with Gasteiger partial charge in [0.15, 0.2) is 9.84 Å². The summed E-state index contributed by atoms with van der Waals surface area (Å²) in [5, 5.41) is 2.95. The van der Waals surface area contributed by atoms with Crippen LogP contribution < -0.4 is 5.32 Å². The largest absolute Gasteiger partial charge is 0.383 e. The van der Waals surface area contributed by atoms with Crippen molar-refractivity contribution < 1.29 is 22.7 Å². The molecule has 2 aliphatic rings. The number of amides is 2. The SMILES string of the molecule is COCCN(C(=O)NCC1CCOCC1)C1CCS(=O)(=O)C1. The summed E-state index contributed by atoms with van der Waals surface area (Å²) in [5.41, 5.74) is 0. The van der Waals surface area contributed by atoms with Crippen LogP contribution in [0.25, 0.3) is 0 Å². The molecule has 0 aliphatic carbocycles. The van der Waals surface area contributed by atoms with Gasteiger partial charge in [-0.3, -0.25) is 0 Å². The lowest BCUT2D eigenvalue weighted by Crippen LogP contribution is -2.49. The van der Waals surface area contributed by atoms with E-state index in [9.17, 15) is 13.2 Å². The van der Waals surface area contributed by atoms with Crippen LogP contribution >= 0.6 is 0 Å². The van der Waals surface area contributed by atoms with Gasteiger partial charge in [0.25, 0.3) is 0 Å². The van der Waals surface area contributed by atoms with E-state index in [1.54, 1.807) is 12.0 Å². The van der Waals surface area contributed by atoms with Crippen molar-refractivity contribution in [1.82, 2.24) is 10.2 Å². The maximum Gasteiger partial charge on any atom is 0.317 e. The van der Waals surface area contributed by atoms with Gasteiger partial charge < -0.3 is 19.7 Å². The molecule has 8 heteroatoms. The third-order valence-corrected chi connectivity index (χ3v) is 6.08. The Morgan fingerprint density at radius 3 is 2.64 bits per heavy atom. The Labute approximate surface area is 132 Å². The Morgan fingerprint density at radius 1 is 1.32 bits per heavy atom. The number of rotatable bonds is 6. The quantitative estimate of drug-likeness (QED) is 0.753. The Balaban J connectivity index is 1.88. The first-order valence-corrected chi connectivity index (χ1v) is 9.65. The fraction of sp³-hybridized carbons (Fsp3) is 0.929. The van der Waals surface area contributed by atoms with E-state index < -0.39 is 9.84 Å². The Bertz CT molecular complexity index is 462. The van der Waals surface area contributed by atoms with Gasteiger partial charge in [-0.05, 0) is 25.2 Å². The van der Waals surface area contributed by atoms with Gasteiger partial charge in [0.2, 0.25) is 0 Å². The zero-order valence-corrected chi connectivity index (χ0v) is 13.9. The van der Waals surface area contributed by atoms with E-state index in [2.05, 4.69) is 5.32 Å². The van der Waals surface area contributed by atoms with Crippen molar-refractivity contribution in [3.8, 4) is 0 Å². The van der Waals surface area contributed by atoms with Gasteiger partial charge in [0.1, 0.15) is 0 Å². The zero-order chi connectivity index (χ0) is 16.0. The molecule has 2 saturated heterocycles. The minimum atomic E-state index is -3.01. The molecule has 0 radical (unpaired) electrons. The van der Waals surface area contributed by atoms with Crippen molar-refractivity contribution in [2.75, 3.05) is 51.5 Å². The van der Waals surface area contributed by atoms with Crippen molar-refractivity contribution in [1.29, 1.82) is 0 Å². The van der Waals surface area contributed by atoms with Crippen molar-refractivity contribution >= 4 is 15.9 Å². The van der Waals surface area contributed by atoms with Crippen molar-refractivity contribution in [3.63, 3.8) is 0 Å². The summed E-state index contributed by atoms with van der Waals surface area (Å²) in [6.07, 6.45) is 2.42. The number of carbonyl (C=O) groups is 1. The number of nitrogens with zero attached hydrogens (tertiary/aromatic N) is 1. The molecular formula is C14H26N2O5S. The fourth-order valence-electron chi connectivity index (χ4n) is 2.94. The summed E-state index contributed by atoms with van der Waals surface area (Å²) in [5.74, 6) is 0.657. The number of hydrogen-bond donors (Lipinski definition) is 1. The molecule has 2 aliphatic heterocycles. The minimum absolute atomic E-state index is 0.0569. The van der Waals surface area contributed by atoms with Crippen molar-refractivity contribution in [2.45, 2.75) is 25.3 Å². The number of urea groups is 1. The van der Waals surface area contributed by atoms with Gasteiger partial charge in [-0.1, -0.05) is 0 Å². The van der Waals surface area contributed by atoms with Crippen LogP contribution in [0.15, 0.2) is 0 Å². The number of nitrogens with one attached hydrogen (secondary N) is 1. The fourth-order valence-corrected chi connectivity index (χ4v) is 4.68. The highest BCUT2D eigenvalue weighted by Crippen LogP contribution is 2.18. The first kappa shape index (κ1) is 17.5. The van der Waals surface area contributed by atoms with E-state index in [0.717, 1.165) is 26.1 Å². The van der Waals surface area contributed by atoms with Crippen LogP contribution in [0, 0.1) is 5.92 Å². The maximum atomic E-state index is 12.4. The highest BCUT2D eigenvalue weighted by molar-refractivity contribution is 7.91. The maximum absolute atomic E-state index is 12.4. The second kappa shape index (κ2) is 8.12. The molecule has 1 unspecified atom stereocenters. The summed E-state index contributed by atoms with van der Waals surface area (Å²) in [7, 11) is -1.44. The molecular weight excluding hydrogens is 308 g/mol. The van der Waals surface area contributed by atoms with E-state index in [4.69, 9.17) is 9.47 Å². The molecule has 2 fully saturated rings. The third kappa shape index (κ3) is 5.10. The Kier molecular flexibility index (Phi) is 6.46. The number of carbonyl (C=O) groups excluding carboxylic acids is 1. The summed E-state index contributed by atoms with van der Waals surface area (Å²) in [6.45, 7) is 2.92. The molecule has 22 heavy (non-hydrogen) atoms. The Morgan fingerprint density at radius 2 is 2.05 bits per heavy atom. The highest BCUT2D eigenvalue weighted by atomic mass is 32.2. The average Bonchev–Trinajstić information content (AvgIpc) is 2.86. The number of hydrogen-bond acceptors (Lipinski definition) is 5. The van der Waals surface area contributed by atoms with E-state index in [-0.39, 0.29) is 23.6 Å². The first-order chi connectivity index (χ1) is 10.5. The lowest BCUT2D eigenvalue weighted by atomic mass is 10.0. The molecule has 1 atom stereocenters. The monoisotopic (exact) mass is 334 g/mol. The average molecular weight is 334 g/mol. The van der Waals surface area contributed by atoms with E-state index in [0.29, 0.717) is 32.0 Å². The summed E-state index contributed by atoms with van der Waals surface area (Å²) in [6, 6.07) is -0.430. The number of methoxy groups -OCH3 is 1. The molecule has 2 rings (SSSR count). The van der Waals surface area contributed by atoms with Gasteiger partial charge in [-0.15, -0.1) is 0 Å². The van der Waals surface area contributed by atoms with Gasteiger partial charge in [0.05, 0.1) is 18.1 Å². The van der Waals surface area contributed by atoms with Crippen LogP contribution in [0.2, 0.25) is 0 Å². The topological polar surface area (TPSA) is 84.9 Å². The lowest BCUT2D eigenvalue weighted by Gasteiger charge is -2.29. The smallest absolute Gasteiger partial charge is 0.317 e. The third-order valence-electron chi connectivity index (χ3n) is 4.33. The second-order valence-corrected chi connectivity index (χ2v) is 8.21. The predicted molar refractivity (Wildman–Crippen MR) is 82.6 cm³/mol.